The maximum Gasteiger partial charge on any atom is 0.0998 e. The zero-order valence-corrected chi connectivity index (χ0v) is 27.3. The Bertz CT molecular complexity index is 2940. The third-order valence-electron chi connectivity index (χ3n) is 9.90. The maximum absolute atomic E-state index is 10.6. The number of fused-ring (bicyclic) bond motifs is 5. The third-order valence-corrected chi connectivity index (χ3v) is 9.90. The fraction of sp³-hybridized carbons (Fsp3) is 0. The number of benzene rings is 8. The van der Waals surface area contributed by atoms with Gasteiger partial charge in [-0.25, -0.2) is 0 Å². The first kappa shape index (κ1) is 29.7. The molecule has 4 nitrogen and oxygen atoms in total. The highest BCUT2D eigenvalue weighted by Gasteiger charge is 2.20. The molecule has 51 heavy (non-hydrogen) atoms. The highest BCUT2D eigenvalue weighted by atomic mass is 15.0. The number of hydrogen-bond acceptors (Lipinski definition) is 3. The maximum atomic E-state index is 10.6. The highest BCUT2D eigenvalue weighted by Crippen LogP contribution is 2.45. The smallest absolute Gasteiger partial charge is 0.0998 e. The molecule has 0 fully saturated rings. The number of aromatic nitrogens is 1. The van der Waals surface area contributed by atoms with E-state index in [1.165, 1.54) is 5.56 Å². The summed E-state index contributed by atoms with van der Waals surface area (Å²) >= 11 is 0. The summed E-state index contributed by atoms with van der Waals surface area (Å²) in [4.78, 5) is 0. The van der Waals surface area contributed by atoms with E-state index >= 15 is 0 Å². The van der Waals surface area contributed by atoms with E-state index in [4.69, 9.17) is 0 Å². The molecule has 0 aliphatic carbocycles. The SMILES string of the molecule is N#Cc1ccc2c(c1)c1ccccc1n2-c1ccc(-c2cc(-c3c4ccccc4c(-c4ccccc4)c4ccccc34)ccc2C#N)c(C#N)c1. The average Bonchev–Trinajstić information content (AvgIpc) is 3.53. The molecule has 1 aromatic heterocycles. The Morgan fingerprint density at radius 1 is 0.373 bits per heavy atom. The Labute approximate surface area is 294 Å². The first-order valence-corrected chi connectivity index (χ1v) is 16.7. The van der Waals surface area contributed by atoms with Crippen LogP contribution in [0.4, 0.5) is 0 Å². The lowest BCUT2D eigenvalue weighted by atomic mass is 9.84. The van der Waals surface area contributed by atoms with Crippen LogP contribution in [0.15, 0.2) is 158 Å². The number of hydrogen-bond donors (Lipinski definition) is 0. The van der Waals surface area contributed by atoms with Gasteiger partial charge >= 0.3 is 0 Å². The molecule has 0 atom stereocenters. The summed E-state index contributed by atoms with van der Waals surface area (Å²) in [6.07, 6.45) is 0. The molecule has 9 rings (SSSR count). The minimum Gasteiger partial charge on any atom is -0.309 e. The summed E-state index contributed by atoms with van der Waals surface area (Å²) in [7, 11) is 0. The minimum absolute atomic E-state index is 0.467. The molecule has 0 saturated heterocycles. The van der Waals surface area contributed by atoms with Gasteiger partial charge in [0.1, 0.15) is 0 Å². The standard InChI is InChI=1S/C47H26N4/c48-27-30-18-23-45-43(24-30)37-12-8-9-17-44(37)51(45)35-21-22-36(34(25-35)29-50)42-26-32(19-20-33(42)28-49)47-40-15-6-4-13-38(40)46(31-10-2-1-3-11-31)39-14-5-7-16-41(39)47/h1-26H. The van der Waals surface area contributed by atoms with Crippen LogP contribution < -0.4 is 0 Å². The minimum atomic E-state index is 0.467. The first-order chi connectivity index (χ1) is 25.2. The Balaban J connectivity index is 1.26. The van der Waals surface area contributed by atoms with Crippen LogP contribution in [0.2, 0.25) is 0 Å². The summed E-state index contributed by atoms with van der Waals surface area (Å²) in [6, 6.07) is 60.2. The summed E-state index contributed by atoms with van der Waals surface area (Å²) in [5.41, 5.74) is 10.1. The molecule has 0 spiro atoms. The van der Waals surface area contributed by atoms with Crippen LogP contribution in [0.5, 0.6) is 0 Å². The van der Waals surface area contributed by atoms with Crippen molar-refractivity contribution in [2.45, 2.75) is 0 Å². The number of nitriles is 3. The van der Waals surface area contributed by atoms with Crippen molar-refractivity contribution < 1.29 is 0 Å². The Kier molecular flexibility index (Phi) is 6.93. The second-order valence-electron chi connectivity index (χ2n) is 12.6. The van der Waals surface area contributed by atoms with E-state index in [0.29, 0.717) is 27.8 Å². The molecule has 4 heteroatoms. The van der Waals surface area contributed by atoms with E-state index < -0.39 is 0 Å². The molecule has 0 aliphatic rings. The van der Waals surface area contributed by atoms with Crippen LogP contribution in [-0.2, 0) is 0 Å². The molecular weight excluding hydrogens is 621 g/mol. The van der Waals surface area contributed by atoms with E-state index in [1.54, 1.807) is 0 Å². The summed E-state index contributed by atoms with van der Waals surface area (Å²) in [5, 5.41) is 37.1. The van der Waals surface area contributed by atoms with Gasteiger partial charge in [0.25, 0.3) is 0 Å². The molecule has 1 heterocycles. The van der Waals surface area contributed by atoms with E-state index in [1.807, 2.05) is 66.7 Å². The van der Waals surface area contributed by atoms with Gasteiger partial charge < -0.3 is 4.57 Å². The largest absolute Gasteiger partial charge is 0.309 e. The van der Waals surface area contributed by atoms with E-state index in [-0.39, 0.29) is 0 Å². The lowest BCUT2D eigenvalue weighted by Gasteiger charge is -2.18. The van der Waals surface area contributed by atoms with E-state index in [2.05, 4.69) is 114 Å². The molecular formula is C47H26N4. The zero-order chi connectivity index (χ0) is 34.5. The predicted molar refractivity (Wildman–Crippen MR) is 206 cm³/mol. The van der Waals surface area contributed by atoms with Gasteiger partial charge in [-0.15, -0.1) is 0 Å². The molecule has 0 amide bonds. The van der Waals surface area contributed by atoms with Crippen LogP contribution >= 0.6 is 0 Å². The Morgan fingerprint density at radius 3 is 1.61 bits per heavy atom. The van der Waals surface area contributed by atoms with Crippen LogP contribution in [0.3, 0.4) is 0 Å². The van der Waals surface area contributed by atoms with Crippen molar-refractivity contribution in [3.05, 3.63) is 174 Å². The fourth-order valence-electron chi connectivity index (χ4n) is 7.69. The van der Waals surface area contributed by atoms with Crippen molar-refractivity contribution in [2.75, 3.05) is 0 Å². The molecule has 0 aliphatic heterocycles. The lowest BCUT2D eigenvalue weighted by molar-refractivity contribution is 1.18. The van der Waals surface area contributed by atoms with Gasteiger partial charge in [0, 0.05) is 27.6 Å². The average molecular weight is 647 g/mol. The van der Waals surface area contributed by atoms with Crippen molar-refractivity contribution in [1.82, 2.24) is 4.57 Å². The zero-order valence-electron chi connectivity index (χ0n) is 27.3. The van der Waals surface area contributed by atoms with Gasteiger partial charge in [0.15, 0.2) is 0 Å². The van der Waals surface area contributed by atoms with Crippen LogP contribution in [0, 0.1) is 34.0 Å². The van der Waals surface area contributed by atoms with Gasteiger partial charge in [-0.1, -0.05) is 109 Å². The van der Waals surface area contributed by atoms with Crippen molar-refractivity contribution in [3.8, 4) is 57.3 Å². The third kappa shape index (κ3) is 4.66. The van der Waals surface area contributed by atoms with Gasteiger partial charge in [-0.3, -0.25) is 0 Å². The normalized spacial score (nSPS) is 11.1. The molecule has 9 aromatic rings. The quantitative estimate of drug-likeness (QED) is 0.179. The van der Waals surface area contributed by atoms with Gasteiger partial charge in [0.05, 0.1) is 45.9 Å². The summed E-state index contributed by atoms with van der Waals surface area (Å²) in [5.74, 6) is 0. The summed E-state index contributed by atoms with van der Waals surface area (Å²) in [6.45, 7) is 0. The van der Waals surface area contributed by atoms with Crippen LogP contribution in [-0.4, -0.2) is 4.57 Å². The first-order valence-electron chi connectivity index (χ1n) is 16.7. The predicted octanol–water partition coefficient (Wildman–Crippen LogP) is 11.7. The molecule has 0 saturated carbocycles. The van der Waals surface area contributed by atoms with Crippen molar-refractivity contribution >= 4 is 43.4 Å². The molecule has 0 bridgehead atoms. The highest BCUT2D eigenvalue weighted by molar-refractivity contribution is 6.21. The topological polar surface area (TPSA) is 76.3 Å². The monoisotopic (exact) mass is 646 g/mol. The number of nitrogens with zero attached hydrogens (tertiary/aromatic N) is 4. The number of rotatable bonds is 4. The van der Waals surface area contributed by atoms with E-state index in [9.17, 15) is 15.8 Å². The van der Waals surface area contributed by atoms with E-state index in [0.717, 1.165) is 65.7 Å². The van der Waals surface area contributed by atoms with Crippen LogP contribution in [0.1, 0.15) is 16.7 Å². The second-order valence-corrected chi connectivity index (χ2v) is 12.6. The Hall–Kier alpha value is -7.45. The van der Waals surface area contributed by atoms with Crippen molar-refractivity contribution in [2.24, 2.45) is 0 Å². The van der Waals surface area contributed by atoms with Crippen molar-refractivity contribution in [1.29, 1.82) is 15.8 Å². The Morgan fingerprint density at radius 2 is 0.961 bits per heavy atom. The van der Waals surface area contributed by atoms with Crippen molar-refractivity contribution in [3.63, 3.8) is 0 Å². The molecule has 0 radical (unpaired) electrons. The van der Waals surface area contributed by atoms with Gasteiger partial charge in [0.2, 0.25) is 0 Å². The second kappa shape index (κ2) is 11.9. The van der Waals surface area contributed by atoms with Gasteiger partial charge in [-0.05, 0) is 92.3 Å². The summed E-state index contributed by atoms with van der Waals surface area (Å²) < 4.78 is 2.13. The molecule has 0 unspecified atom stereocenters. The fourth-order valence-corrected chi connectivity index (χ4v) is 7.69. The van der Waals surface area contributed by atoms with Gasteiger partial charge in [-0.2, -0.15) is 15.8 Å². The van der Waals surface area contributed by atoms with Crippen LogP contribution in [0.25, 0.3) is 82.4 Å². The molecule has 0 N–H and O–H groups in total. The number of para-hydroxylation sites is 1. The molecule has 234 valence electrons. The lowest BCUT2D eigenvalue weighted by Crippen LogP contribution is -1.97. The molecule has 8 aromatic carbocycles.